The quantitative estimate of drug-likeness (QED) is 0.362. The van der Waals surface area contributed by atoms with Crippen molar-refractivity contribution < 1.29 is 9.84 Å². The summed E-state index contributed by atoms with van der Waals surface area (Å²) < 4.78 is 5.73. The van der Waals surface area contributed by atoms with Crippen molar-refractivity contribution in [3.8, 4) is 5.75 Å². The standard InChI is InChI=1S/C33H41NO2/c1-33(2,3)28-18-16-25(17-19-28)30(35)14-10-22-34-23-20-27(21-24-34)32(26-11-6-5-7-12-26)29-13-8-9-15-31(29)36-4/h5-9,11-13,15-19,30,35H,10,14,20-24H2,1-4H3. The van der Waals surface area contributed by atoms with Gasteiger partial charge in [0.2, 0.25) is 0 Å². The van der Waals surface area contributed by atoms with E-state index < -0.39 is 6.10 Å². The molecule has 1 saturated heterocycles. The number of hydrogen-bond donors (Lipinski definition) is 1. The summed E-state index contributed by atoms with van der Waals surface area (Å²) >= 11 is 0. The largest absolute Gasteiger partial charge is 0.496 e. The lowest BCUT2D eigenvalue weighted by atomic mass is 9.86. The Morgan fingerprint density at radius 2 is 1.53 bits per heavy atom. The van der Waals surface area contributed by atoms with E-state index in [0.29, 0.717) is 0 Å². The van der Waals surface area contributed by atoms with E-state index in [1.54, 1.807) is 7.11 Å². The zero-order valence-corrected chi connectivity index (χ0v) is 22.3. The second-order valence-corrected chi connectivity index (χ2v) is 10.9. The van der Waals surface area contributed by atoms with Crippen molar-refractivity contribution in [2.75, 3.05) is 26.7 Å². The van der Waals surface area contributed by atoms with Crippen molar-refractivity contribution >= 4 is 5.57 Å². The van der Waals surface area contributed by atoms with Crippen molar-refractivity contribution in [3.63, 3.8) is 0 Å². The highest BCUT2D eigenvalue weighted by Crippen LogP contribution is 2.37. The van der Waals surface area contributed by atoms with Gasteiger partial charge in [-0.3, -0.25) is 0 Å². The molecule has 3 aromatic carbocycles. The van der Waals surface area contributed by atoms with E-state index in [1.165, 1.54) is 27.8 Å². The molecule has 0 aromatic heterocycles. The molecule has 1 fully saturated rings. The van der Waals surface area contributed by atoms with Crippen LogP contribution in [0.2, 0.25) is 0 Å². The number of benzene rings is 3. The van der Waals surface area contributed by atoms with Crippen LogP contribution in [0.3, 0.4) is 0 Å². The second kappa shape index (κ2) is 11.9. The molecule has 4 rings (SSSR count). The minimum atomic E-state index is -0.394. The van der Waals surface area contributed by atoms with E-state index in [-0.39, 0.29) is 5.41 Å². The molecule has 3 heteroatoms. The molecule has 0 aliphatic carbocycles. The normalized spacial score (nSPS) is 15.5. The SMILES string of the molecule is COc1ccccc1C(=C1CCN(CCCC(O)c2ccc(C(C)(C)C)cc2)CC1)c1ccccc1. The van der Waals surface area contributed by atoms with Gasteiger partial charge >= 0.3 is 0 Å². The van der Waals surface area contributed by atoms with Gasteiger partial charge in [0.15, 0.2) is 0 Å². The van der Waals surface area contributed by atoms with Crippen molar-refractivity contribution in [2.24, 2.45) is 0 Å². The number of aliphatic hydroxyl groups is 1. The number of hydrogen-bond acceptors (Lipinski definition) is 3. The van der Waals surface area contributed by atoms with Crippen LogP contribution in [-0.2, 0) is 5.41 Å². The lowest BCUT2D eigenvalue weighted by molar-refractivity contribution is 0.153. The second-order valence-electron chi connectivity index (χ2n) is 10.9. The topological polar surface area (TPSA) is 32.7 Å². The highest BCUT2D eigenvalue weighted by molar-refractivity contribution is 5.85. The van der Waals surface area contributed by atoms with Crippen LogP contribution in [0.4, 0.5) is 0 Å². The highest BCUT2D eigenvalue weighted by Gasteiger charge is 2.21. The van der Waals surface area contributed by atoms with Crippen LogP contribution in [0.25, 0.3) is 5.57 Å². The van der Waals surface area contributed by atoms with E-state index in [2.05, 4.69) is 98.5 Å². The van der Waals surface area contributed by atoms with Crippen LogP contribution in [0.15, 0.2) is 84.4 Å². The molecular weight excluding hydrogens is 442 g/mol. The summed E-state index contributed by atoms with van der Waals surface area (Å²) in [5.74, 6) is 0.927. The predicted octanol–water partition coefficient (Wildman–Crippen LogP) is 7.40. The Kier molecular flexibility index (Phi) is 8.66. The van der Waals surface area contributed by atoms with Crippen molar-refractivity contribution in [2.45, 2.75) is 58.0 Å². The summed E-state index contributed by atoms with van der Waals surface area (Å²) in [5.41, 5.74) is 7.72. The minimum Gasteiger partial charge on any atom is -0.496 e. The Balaban J connectivity index is 1.37. The van der Waals surface area contributed by atoms with Crippen molar-refractivity contribution in [1.82, 2.24) is 4.90 Å². The molecule has 0 bridgehead atoms. The molecule has 1 unspecified atom stereocenters. The minimum absolute atomic E-state index is 0.136. The number of para-hydroxylation sites is 1. The fourth-order valence-electron chi connectivity index (χ4n) is 5.18. The van der Waals surface area contributed by atoms with Gasteiger partial charge in [-0.15, -0.1) is 0 Å². The first-order valence-electron chi connectivity index (χ1n) is 13.3. The molecule has 0 radical (unpaired) electrons. The van der Waals surface area contributed by atoms with Gasteiger partial charge in [-0.05, 0) is 66.0 Å². The number of nitrogens with zero attached hydrogens (tertiary/aromatic N) is 1. The molecule has 0 amide bonds. The maximum Gasteiger partial charge on any atom is 0.126 e. The number of piperidine rings is 1. The Morgan fingerprint density at radius 1 is 0.889 bits per heavy atom. The summed E-state index contributed by atoms with van der Waals surface area (Å²) in [6.07, 6.45) is 3.51. The molecule has 36 heavy (non-hydrogen) atoms. The van der Waals surface area contributed by atoms with E-state index in [4.69, 9.17) is 4.74 Å². The van der Waals surface area contributed by atoms with Crippen molar-refractivity contribution in [1.29, 1.82) is 0 Å². The molecule has 190 valence electrons. The average molecular weight is 484 g/mol. The first-order valence-corrected chi connectivity index (χ1v) is 13.3. The van der Waals surface area contributed by atoms with Crippen LogP contribution in [0.5, 0.6) is 5.75 Å². The van der Waals surface area contributed by atoms with Crippen LogP contribution in [0.1, 0.15) is 74.8 Å². The summed E-state index contributed by atoms with van der Waals surface area (Å²) in [7, 11) is 1.75. The molecule has 1 atom stereocenters. The van der Waals surface area contributed by atoms with E-state index in [9.17, 15) is 5.11 Å². The Bertz CT molecular complexity index is 1130. The Labute approximate surface area is 217 Å². The Hall–Kier alpha value is -2.88. The third-order valence-corrected chi connectivity index (χ3v) is 7.37. The molecule has 3 aromatic rings. The number of aliphatic hydroxyl groups excluding tert-OH is 1. The fourth-order valence-corrected chi connectivity index (χ4v) is 5.18. The molecule has 0 saturated carbocycles. The lowest BCUT2D eigenvalue weighted by Gasteiger charge is -2.30. The van der Waals surface area contributed by atoms with E-state index in [0.717, 1.165) is 56.6 Å². The van der Waals surface area contributed by atoms with E-state index in [1.807, 2.05) is 6.07 Å². The number of ether oxygens (including phenoxy) is 1. The van der Waals surface area contributed by atoms with Crippen molar-refractivity contribution in [3.05, 3.63) is 107 Å². The van der Waals surface area contributed by atoms with Crippen LogP contribution in [-0.4, -0.2) is 36.8 Å². The third-order valence-electron chi connectivity index (χ3n) is 7.37. The first-order chi connectivity index (χ1) is 17.4. The van der Waals surface area contributed by atoms with Gasteiger partial charge in [-0.1, -0.05) is 99.1 Å². The van der Waals surface area contributed by atoms with E-state index >= 15 is 0 Å². The summed E-state index contributed by atoms with van der Waals surface area (Å²) in [6.45, 7) is 9.79. The molecule has 0 spiro atoms. The molecule has 1 aliphatic rings. The molecular formula is C33H41NO2. The summed E-state index contributed by atoms with van der Waals surface area (Å²) in [6, 6.07) is 27.6. The molecule has 1 heterocycles. The van der Waals surface area contributed by atoms with Gasteiger partial charge in [-0.25, -0.2) is 0 Å². The van der Waals surface area contributed by atoms with Gasteiger partial charge in [-0.2, -0.15) is 0 Å². The smallest absolute Gasteiger partial charge is 0.126 e. The molecule has 3 nitrogen and oxygen atoms in total. The van der Waals surface area contributed by atoms with Gasteiger partial charge < -0.3 is 14.7 Å². The lowest BCUT2D eigenvalue weighted by Crippen LogP contribution is -2.32. The number of methoxy groups -OCH3 is 1. The Morgan fingerprint density at radius 3 is 2.17 bits per heavy atom. The van der Waals surface area contributed by atoms with Crippen LogP contribution in [0, 0.1) is 0 Å². The zero-order chi connectivity index (χ0) is 25.5. The zero-order valence-electron chi connectivity index (χ0n) is 22.3. The third kappa shape index (κ3) is 6.46. The predicted molar refractivity (Wildman–Crippen MR) is 150 cm³/mol. The summed E-state index contributed by atoms with van der Waals surface area (Å²) in [5, 5.41) is 10.7. The molecule has 1 N–H and O–H groups in total. The fraction of sp³-hybridized carbons (Fsp3) is 0.394. The van der Waals surface area contributed by atoms with Gasteiger partial charge in [0.1, 0.15) is 5.75 Å². The van der Waals surface area contributed by atoms with Crippen LogP contribution >= 0.6 is 0 Å². The van der Waals surface area contributed by atoms with Gasteiger partial charge in [0.05, 0.1) is 13.2 Å². The number of rotatable bonds is 8. The monoisotopic (exact) mass is 483 g/mol. The van der Waals surface area contributed by atoms with Gasteiger partial charge in [0, 0.05) is 18.7 Å². The average Bonchev–Trinajstić information content (AvgIpc) is 2.90. The van der Waals surface area contributed by atoms with Crippen LogP contribution < -0.4 is 4.74 Å². The maximum atomic E-state index is 10.7. The first kappa shape index (κ1) is 26.2. The summed E-state index contributed by atoms with van der Waals surface area (Å²) in [4.78, 5) is 2.55. The number of likely N-dealkylation sites (tertiary alicyclic amines) is 1. The maximum absolute atomic E-state index is 10.7. The highest BCUT2D eigenvalue weighted by atomic mass is 16.5. The molecule has 1 aliphatic heterocycles. The van der Waals surface area contributed by atoms with Gasteiger partial charge in [0.25, 0.3) is 0 Å².